The Kier molecular flexibility index (Phi) is 9.09. The van der Waals surface area contributed by atoms with E-state index in [1.54, 1.807) is 12.1 Å². The van der Waals surface area contributed by atoms with E-state index < -0.39 is 15.1 Å². The predicted molar refractivity (Wildman–Crippen MR) is 93.3 cm³/mol. The summed E-state index contributed by atoms with van der Waals surface area (Å²) < 4.78 is 35.3. The Morgan fingerprint density at radius 2 is 1.38 bits per heavy atom. The molecule has 0 aliphatic carbocycles. The van der Waals surface area contributed by atoms with Crippen LogP contribution >= 0.6 is 0 Å². The number of hydrogen-bond donors (Lipinski definition) is 2. The second-order valence-corrected chi connectivity index (χ2v) is 7.91. The van der Waals surface area contributed by atoms with E-state index in [0.717, 1.165) is 12.8 Å². The van der Waals surface area contributed by atoms with E-state index in [9.17, 15) is 13.0 Å². The Hall–Kier alpha value is -0.270. The van der Waals surface area contributed by atoms with E-state index in [-0.39, 0.29) is 36.0 Å². The van der Waals surface area contributed by atoms with Crippen LogP contribution < -0.4 is 40.2 Å². The van der Waals surface area contributed by atoms with Crippen molar-refractivity contribution in [2.24, 2.45) is 0 Å². The van der Waals surface area contributed by atoms with Crippen LogP contribution in [0.4, 0.5) is 11.4 Å². The molecule has 0 saturated heterocycles. The molecule has 1 aromatic carbocycles. The summed E-state index contributed by atoms with van der Waals surface area (Å²) in [6.45, 7) is 2.20. The normalized spacial score (nSPS) is 15.1. The quantitative estimate of drug-likeness (QED) is 0.372. The second kappa shape index (κ2) is 10.0. The minimum atomic E-state index is -4.51. The van der Waals surface area contributed by atoms with Crippen molar-refractivity contribution < 1.29 is 42.5 Å². The average Bonchev–Trinajstić information content (AvgIpc) is 2.89. The van der Waals surface area contributed by atoms with Crippen molar-refractivity contribution in [2.75, 3.05) is 10.6 Å². The third kappa shape index (κ3) is 5.63. The molecule has 1 aliphatic heterocycles. The molecule has 0 unspecified atom stereocenters. The number of benzene rings is 1. The number of rotatable bonds is 10. The van der Waals surface area contributed by atoms with E-state index in [2.05, 4.69) is 17.6 Å². The van der Waals surface area contributed by atoms with Gasteiger partial charge < -0.3 is 15.2 Å². The van der Waals surface area contributed by atoms with Gasteiger partial charge in [0.1, 0.15) is 10.1 Å². The van der Waals surface area contributed by atoms with Crippen LogP contribution in [0.2, 0.25) is 0 Å². The van der Waals surface area contributed by atoms with Crippen molar-refractivity contribution in [3.05, 3.63) is 24.3 Å². The zero-order valence-corrected chi connectivity index (χ0v) is 17.6. The monoisotopic (exact) mass is 362 g/mol. The van der Waals surface area contributed by atoms with Gasteiger partial charge in [0.25, 0.3) is 0 Å². The third-order valence-electron chi connectivity index (χ3n) is 4.41. The van der Waals surface area contributed by atoms with Gasteiger partial charge >= 0.3 is 29.6 Å². The van der Waals surface area contributed by atoms with Crippen LogP contribution in [0.5, 0.6) is 0 Å². The molecule has 0 amide bonds. The van der Waals surface area contributed by atoms with Crippen molar-refractivity contribution in [3.63, 3.8) is 0 Å². The summed E-state index contributed by atoms with van der Waals surface area (Å²) in [5, 5.41) is 5.79. The van der Waals surface area contributed by atoms with Crippen molar-refractivity contribution in [2.45, 2.75) is 69.7 Å². The van der Waals surface area contributed by atoms with Gasteiger partial charge in [0.15, 0.2) is 0 Å². The molecule has 130 valence electrons. The molecule has 1 aromatic rings. The summed E-state index contributed by atoms with van der Waals surface area (Å²) >= 11 is 0. The first-order valence-corrected chi connectivity index (χ1v) is 10.0. The number of unbranched alkanes of at least 4 members (excludes halogenated alkanes) is 7. The van der Waals surface area contributed by atoms with E-state index >= 15 is 0 Å². The van der Waals surface area contributed by atoms with Gasteiger partial charge in [-0.25, -0.2) is 8.42 Å². The topological polar surface area (TPSA) is 81.3 Å². The van der Waals surface area contributed by atoms with E-state index in [1.807, 2.05) is 12.1 Å². The maximum Gasteiger partial charge on any atom is 1.00 e. The van der Waals surface area contributed by atoms with Gasteiger partial charge in [-0.3, -0.25) is 0 Å². The Morgan fingerprint density at radius 1 is 0.917 bits per heavy atom. The zero-order valence-electron chi connectivity index (χ0n) is 14.8. The van der Waals surface area contributed by atoms with Gasteiger partial charge in [0, 0.05) is 6.42 Å². The largest absolute Gasteiger partial charge is 1.00 e. The molecule has 0 bridgehead atoms. The summed E-state index contributed by atoms with van der Waals surface area (Å²) in [6, 6.07) is 7.20. The Labute approximate surface area is 168 Å². The fourth-order valence-corrected chi connectivity index (χ4v) is 3.91. The minimum absolute atomic E-state index is 0. The molecule has 1 aliphatic rings. The maximum atomic E-state index is 11.8. The van der Waals surface area contributed by atoms with Gasteiger partial charge in [-0.15, -0.1) is 0 Å². The Bertz CT molecular complexity index is 583. The summed E-state index contributed by atoms with van der Waals surface area (Å²) in [5.74, 6) is 0. The smallest absolute Gasteiger partial charge is 0.745 e. The molecular weight excluding hydrogens is 335 g/mol. The first-order valence-electron chi connectivity index (χ1n) is 8.59. The summed E-state index contributed by atoms with van der Waals surface area (Å²) in [7, 11) is -4.51. The standard InChI is InChI=1S/C17H28N2O3S.Na/c1-2-3-4-5-6-7-8-11-14-17(23(20,21)22)18-15-12-9-10-13-16(15)19-17;/h9-10,12-13,18-19H,2-8,11,14H2,1H3,(H,20,21,22);/q;+1/p-1. The molecule has 2 rings (SSSR count). The van der Waals surface area contributed by atoms with Gasteiger partial charge in [0.05, 0.1) is 11.4 Å². The van der Waals surface area contributed by atoms with Crippen LogP contribution in [0.25, 0.3) is 0 Å². The van der Waals surface area contributed by atoms with Crippen molar-refractivity contribution in [1.82, 2.24) is 0 Å². The first kappa shape index (κ1) is 21.8. The van der Waals surface area contributed by atoms with Crippen molar-refractivity contribution in [3.8, 4) is 0 Å². The number of fused-ring (bicyclic) bond motifs is 1. The molecule has 24 heavy (non-hydrogen) atoms. The Balaban J connectivity index is 0.00000288. The molecule has 5 nitrogen and oxygen atoms in total. The van der Waals surface area contributed by atoms with Crippen LogP contribution in [0.3, 0.4) is 0 Å². The first-order chi connectivity index (χ1) is 11.0. The SMILES string of the molecule is CCCCCCCCCCC1(S(=O)(=O)[O-])Nc2ccccc2N1.[Na+]. The summed E-state index contributed by atoms with van der Waals surface area (Å²) in [6.07, 6.45) is 9.23. The summed E-state index contributed by atoms with van der Waals surface area (Å²) in [4.78, 5) is -1.60. The molecule has 0 atom stereocenters. The minimum Gasteiger partial charge on any atom is -0.745 e. The van der Waals surface area contributed by atoms with Crippen LogP contribution in [0.1, 0.15) is 64.7 Å². The molecule has 0 fully saturated rings. The average molecular weight is 362 g/mol. The van der Waals surface area contributed by atoms with Gasteiger partial charge in [-0.05, 0) is 18.6 Å². The summed E-state index contributed by atoms with van der Waals surface area (Å²) in [5.41, 5.74) is 1.35. The second-order valence-electron chi connectivity index (χ2n) is 6.30. The number of anilines is 2. The van der Waals surface area contributed by atoms with Gasteiger partial charge in [-0.1, -0.05) is 64.0 Å². The molecule has 1 heterocycles. The van der Waals surface area contributed by atoms with Crippen LogP contribution in [-0.2, 0) is 10.1 Å². The van der Waals surface area contributed by atoms with Gasteiger partial charge in [0.2, 0.25) is 4.99 Å². The molecular formula is C17H27N2NaO3S. The van der Waals surface area contributed by atoms with Crippen LogP contribution in [0, 0.1) is 0 Å². The molecule has 0 spiro atoms. The molecule has 0 saturated carbocycles. The zero-order chi connectivity index (χ0) is 16.8. The number of para-hydroxylation sites is 2. The molecule has 0 aromatic heterocycles. The third-order valence-corrected chi connectivity index (χ3v) is 5.67. The van der Waals surface area contributed by atoms with Crippen molar-refractivity contribution in [1.29, 1.82) is 0 Å². The van der Waals surface area contributed by atoms with Crippen LogP contribution in [0.15, 0.2) is 24.3 Å². The fourth-order valence-electron chi connectivity index (χ4n) is 3.05. The van der Waals surface area contributed by atoms with Crippen molar-refractivity contribution >= 4 is 21.5 Å². The molecule has 7 heteroatoms. The molecule has 2 N–H and O–H groups in total. The van der Waals surface area contributed by atoms with Crippen LogP contribution in [-0.4, -0.2) is 18.0 Å². The maximum absolute atomic E-state index is 11.8. The fraction of sp³-hybridized carbons (Fsp3) is 0.647. The van der Waals surface area contributed by atoms with Gasteiger partial charge in [-0.2, -0.15) is 0 Å². The predicted octanol–water partition coefficient (Wildman–Crippen LogP) is 1.26. The number of nitrogens with one attached hydrogen (secondary N) is 2. The number of hydrogen-bond acceptors (Lipinski definition) is 5. The van der Waals surface area contributed by atoms with E-state index in [0.29, 0.717) is 17.8 Å². The van der Waals surface area contributed by atoms with E-state index in [4.69, 9.17) is 0 Å². The molecule has 0 radical (unpaired) electrons. The van der Waals surface area contributed by atoms with E-state index in [1.165, 1.54) is 32.1 Å². The Morgan fingerprint density at radius 3 is 1.83 bits per heavy atom.